The quantitative estimate of drug-likeness (QED) is 0.447. The maximum atomic E-state index is 13.6. The molecule has 0 saturated carbocycles. The van der Waals surface area contributed by atoms with E-state index in [4.69, 9.17) is 4.98 Å². The zero-order valence-electron chi connectivity index (χ0n) is 15.2. The normalized spacial score (nSPS) is 11.1. The molecule has 28 heavy (non-hydrogen) atoms. The lowest BCUT2D eigenvalue weighted by molar-refractivity contribution is 1.02. The zero-order valence-corrected chi connectivity index (χ0v) is 15.2. The van der Waals surface area contributed by atoms with Gasteiger partial charge in [-0.3, -0.25) is 9.20 Å². The van der Waals surface area contributed by atoms with Crippen LogP contribution in [-0.2, 0) is 6.42 Å². The second kappa shape index (κ2) is 6.78. The lowest BCUT2D eigenvalue weighted by Crippen LogP contribution is -2.19. The van der Waals surface area contributed by atoms with Gasteiger partial charge in [-0.15, -0.1) is 0 Å². The summed E-state index contributed by atoms with van der Waals surface area (Å²) in [5, 5.41) is 1.01. The number of rotatable bonds is 3. The van der Waals surface area contributed by atoms with E-state index >= 15 is 0 Å². The largest absolute Gasteiger partial charge is 0.268 e. The van der Waals surface area contributed by atoms with E-state index in [0.717, 1.165) is 27.7 Å². The van der Waals surface area contributed by atoms with Crippen LogP contribution in [0.15, 0.2) is 102 Å². The van der Waals surface area contributed by atoms with Crippen LogP contribution >= 0.6 is 0 Å². The van der Waals surface area contributed by atoms with Crippen LogP contribution in [0.25, 0.3) is 27.7 Å². The molecule has 0 bridgehead atoms. The van der Waals surface area contributed by atoms with Crippen molar-refractivity contribution in [3.63, 3.8) is 0 Å². The topological polar surface area (TPSA) is 34.4 Å². The van der Waals surface area contributed by atoms with E-state index in [1.165, 1.54) is 0 Å². The zero-order chi connectivity index (χ0) is 18.9. The van der Waals surface area contributed by atoms with E-state index < -0.39 is 0 Å². The molecule has 0 amide bonds. The van der Waals surface area contributed by atoms with Gasteiger partial charge in [-0.25, -0.2) is 4.98 Å². The molecule has 2 heterocycles. The molecule has 0 spiro atoms. The molecule has 0 N–H and O–H groups in total. The molecule has 0 aliphatic heterocycles. The first kappa shape index (κ1) is 16.5. The Labute approximate surface area is 162 Å². The number of benzene rings is 2. The summed E-state index contributed by atoms with van der Waals surface area (Å²) in [6.07, 6.45) is 0.617. The molecule has 0 atom stereocenters. The number of fused-ring (bicyclic) bond motifs is 3. The van der Waals surface area contributed by atoms with Crippen molar-refractivity contribution in [2.24, 2.45) is 0 Å². The molecular weight excluding hydrogens is 344 g/mol. The van der Waals surface area contributed by atoms with Gasteiger partial charge in [-0.1, -0.05) is 84.9 Å². The van der Waals surface area contributed by atoms with Gasteiger partial charge in [0.25, 0.3) is 5.56 Å². The molecule has 5 aromatic rings. The minimum absolute atomic E-state index is 0.0247. The van der Waals surface area contributed by atoms with Crippen LogP contribution in [0.1, 0.15) is 11.3 Å². The summed E-state index contributed by atoms with van der Waals surface area (Å²) >= 11 is 0. The fourth-order valence-corrected chi connectivity index (χ4v) is 3.74. The summed E-state index contributed by atoms with van der Waals surface area (Å²) in [5.41, 5.74) is 5.05. The van der Waals surface area contributed by atoms with E-state index in [1.807, 2.05) is 84.9 Å². The summed E-state index contributed by atoms with van der Waals surface area (Å²) in [6, 6.07) is 31.9. The smallest absolute Gasteiger partial charge is 0.266 e. The molecule has 0 unspecified atom stereocenters. The Hall–Kier alpha value is -3.72. The predicted octanol–water partition coefficient (Wildman–Crippen LogP) is 5.11. The van der Waals surface area contributed by atoms with Crippen molar-refractivity contribution in [1.82, 2.24) is 9.38 Å². The van der Waals surface area contributed by atoms with E-state index in [-0.39, 0.29) is 5.56 Å². The highest BCUT2D eigenvalue weighted by atomic mass is 16.1. The first-order valence-electron chi connectivity index (χ1n) is 9.34. The third-order valence-corrected chi connectivity index (χ3v) is 5.03. The maximum Gasteiger partial charge on any atom is 0.266 e. The summed E-state index contributed by atoms with van der Waals surface area (Å²) in [7, 11) is 0. The van der Waals surface area contributed by atoms with Crippen molar-refractivity contribution in [3.05, 3.63) is 119 Å². The second-order valence-electron chi connectivity index (χ2n) is 6.86. The van der Waals surface area contributed by atoms with Crippen molar-refractivity contribution < 1.29 is 0 Å². The molecule has 0 radical (unpaired) electrons. The van der Waals surface area contributed by atoms with Gasteiger partial charge in [-0.2, -0.15) is 0 Å². The highest BCUT2D eigenvalue weighted by Gasteiger charge is 2.17. The average molecular weight is 362 g/mol. The fourth-order valence-electron chi connectivity index (χ4n) is 3.74. The van der Waals surface area contributed by atoms with E-state index in [2.05, 4.69) is 12.1 Å². The molecule has 0 saturated heterocycles. The third kappa shape index (κ3) is 2.78. The van der Waals surface area contributed by atoms with E-state index in [9.17, 15) is 4.79 Å². The second-order valence-corrected chi connectivity index (χ2v) is 6.86. The van der Waals surface area contributed by atoms with Crippen LogP contribution in [0.5, 0.6) is 0 Å². The summed E-state index contributed by atoms with van der Waals surface area (Å²) in [5.74, 6) is 0. The average Bonchev–Trinajstić information content (AvgIpc) is 2.91. The SMILES string of the molecule is O=c1c(-c2ccccc2)c(Cc2ccccc2)nc2cc3cccccc3n12. The molecule has 0 aliphatic rings. The van der Waals surface area contributed by atoms with Gasteiger partial charge in [0.05, 0.1) is 16.8 Å². The Morgan fingerprint density at radius 2 is 1.39 bits per heavy atom. The minimum Gasteiger partial charge on any atom is -0.268 e. The highest BCUT2D eigenvalue weighted by Crippen LogP contribution is 2.24. The molecule has 0 fully saturated rings. The lowest BCUT2D eigenvalue weighted by Gasteiger charge is -2.10. The van der Waals surface area contributed by atoms with Gasteiger partial charge in [0.1, 0.15) is 5.65 Å². The van der Waals surface area contributed by atoms with Crippen LogP contribution in [-0.4, -0.2) is 9.38 Å². The Kier molecular flexibility index (Phi) is 3.99. The van der Waals surface area contributed by atoms with Crippen molar-refractivity contribution in [2.45, 2.75) is 6.42 Å². The summed E-state index contributed by atoms with van der Waals surface area (Å²) in [4.78, 5) is 18.6. The molecule has 3 aromatic carbocycles. The van der Waals surface area contributed by atoms with Gasteiger partial charge in [0.2, 0.25) is 0 Å². The molecule has 5 rings (SSSR count). The number of aromatic nitrogens is 2. The molecule has 3 heteroatoms. The first-order valence-corrected chi connectivity index (χ1v) is 9.34. The lowest BCUT2D eigenvalue weighted by atomic mass is 10.0. The van der Waals surface area contributed by atoms with Crippen molar-refractivity contribution >= 4 is 16.6 Å². The van der Waals surface area contributed by atoms with Crippen molar-refractivity contribution in [2.75, 3.05) is 0 Å². The first-order chi connectivity index (χ1) is 13.8. The van der Waals surface area contributed by atoms with Gasteiger partial charge >= 0.3 is 0 Å². The maximum absolute atomic E-state index is 13.6. The van der Waals surface area contributed by atoms with Gasteiger partial charge < -0.3 is 0 Å². The molecular formula is C25H18N2O. The summed E-state index contributed by atoms with van der Waals surface area (Å²) in [6.45, 7) is 0. The van der Waals surface area contributed by atoms with Crippen molar-refractivity contribution in [3.8, 4) is 11.1 Å². The summed E-state index contributed by atoms with van der Waals surface area (Å²) < 4.78 is 1.73. The predicted molar refractivity (Wildman–Crippen MR) is 114 cm³/mol. The molecule has 134 valence electrons. The van der Waals surface area contributed by atoms with Crippen LogP contribution in [0, 0.1) is 0 Å². The Bertz CT molecular complexity index is 1340. The minimum atomic E-state index is -0.0247. The van der Waals surface area contributed by atoms with Gasteiger partial charge in [0, 0.05) is 11.8 Å². The van der Waals surface area contributed by atoms with Crippen LogP contribution in [0.4, 0.5) is 0 Å². The molecule has 3 nitrogen and oxygen atoms in total. The standard InChI is InChI=1S/C25H18N2O/c28-25-24(19-12-6-2-7-13-19)21(16-18-10-4-1-5-11-18)26-23-17-20-14-8-3-9-15-22(20)27(23)25/h1-15,17H,16H2. The van der Waals surface area contributed by atoms with Gasteiger partial charge in [-0.05, 0) is 23.3 Å². The Morgan fingerprint density at radius 1 is 0.750 bits per heavy atom. The fraction of sp³-hybridized carbons (Fsp3) is 0.0400. The number of nitrogens with zero attached hydrogens (tertiary/aromatic N) is 2. The molecule has 2 aromatic heterocycles. The molecule has 0 aliphatic carbocycles. The van der Waals surface area contributed by atoms with Crippen LogP contribution in [0.2, 0.25) is 0 Å². The Balaban J connectivity index is 1.85. The van der Waals surface area contributed by atoms with Crippen LogP contribution in [0.3, 0.4) is 0 Å². The van der Waals surface area contributed by atoms with Crippen molar-refractivity contribution in [1.29, 1.82) is 0 Å². The highest BCUT2D eigenvalue weighted by molar-refractivity contribution is 5.86. The Morgan fingerprint density at radius 3 is 2.14 bits per heavy atom. The van der Waals surface area contributed by atoms with Gasteiger partial charge in [0.15, 0.2) is 0 Å². The number of hydrogen-bond donors (Lipinski definition) is 0. The monoisotopic (exact) mass is 362 g/mol. The third-order valence-electron chi connectivity index (χ3n) is 5.03. The van der Waals surface area contributed by atoms with E-state index in [0.29, 0.717) is 17.6 Å². The number of hydrogen-bond acceptors (Lipinski definition) is 2. The van der Waals surface area contributed by atoms with E-state index in [1.54, 1.807) is 4.40 Å². The van der Waals surface area contributed by atoms with Crippen LogP contribution < -0.4 is 5.56 Å².